The van der Waals surface area contributed by atoms with E-state index in [4.69, 9.17) is 14.2 Å². The molecule has 5 nitrogen and oxygen atoms in total. The van der Waals surface area contributed by atoms with Crippen LogP contribution in [0.4, 0.5) is 0 Å². The Hall–Kier alpha value is -4.52. The van der Waals surface area contributed by atoms with Crippen LogP contribution in [0.1, 0.15) is 27.8 Å². The number of esters is 1. The Balaban J connectivity index is 1.54. The molecule has 5 aromatic carbocycles. The molecule has 0 spiro atoms. The van der Waals surface area contributed by atoms with E-state index in [-0.39, 0.29) is 12.6 Å². The number of thioether (sulfide) groups is 1. The Labute approximate surface area is 264 Å². The van der Waals surface area contributed by atoms with Gasteiger partial charge in [0.25, 0.3) is 0 Å². The van der Waals surface area contributed by atoms with Crippen LogP contribution in [0.3, 0.4) is 0 Å². The highest BCUT2D eigenvalue weighted by molar-refractivity contribution is 7.98. The third-order valence-electron chi connectivity index (χ3n) is 7.54. The summed E-state index contributed by atoms with van der Waals surface area (Å²) < 4.78 is 17.0. The van der Waals surface area contributed by atoms with Crippen molar-refractivity contribution in [3.05, 3.63) is 167 Å². The van der Waals surface area contributed by atoms with Crippen molar-refractivity contribution in [1.29, 1.82) is 0 Å². The molecule has 1 N–H and O–H groups in total. The fourth-order valence-electron chi connectivity index (χ4n) is 5.33. The number of carbonyl (C=O) groups is 1. The molecule has 224 valence electrons. The molecule has 1 unspecified atom stereocenters. The number of ether oxygens (including phenoxy) is 3. The molecule has 5 rings (SSSR count). The van der Waals surface area contributed by atoms with Crippen LogP contribution in [0, 0.1) is 0 Å². The minimum atomic E-state index is -0.838. The summed E-state index contributed by atoms with van der Waals surface area (Å²) in [5, 5.41) is 3.84. The largest absolute Gasteiger partial charge is 0.497 e. The van der Waals surface area contributed by atoms with Crippen LogP contribution in [0.25, 0.3) is 0 Å². The molecule has 0 aromatic heterocycles. The predicted octanol–water partition coefficient (Wildman–Crippen LogP) is 7.63. The van der Waals surface area contributed by atoms with Crippen LogP contribution < -0.4 is 14.8 Å². The topological polar surface area (TPSA) is 56.8 Å². The van der Waals surface area contributed by atoms with Crippen molar-refractivity contribution < 1.29 is 19.0 Å². The van der Waals surface area contributed by atoms with Gasteiger partial charge in [-0.05, 0) is 64.8 Å². The second-order valence-corrected chi connectivity index (χ2v) is 11.2. The van der Waals surface area contributed by atoms with E-state index < -0.39 is 11.6 Å². The van der Waals surface area contributed by atoms with Crippen LogP contribution in [0.2, 0.25) is 0 Å². The summed E-state index contributed by atoms with van der Waals surface area (Å²) in [4.78, 5) is 14.1. The van der Waals surface area contributed by atoms with Gasteiger partial charge in [-0.25, -0.2) is 0 Å². The lowest BCUT2D eigenvalue weighted by Crippen LogP contribution is -2.53. The molecule has 0 saturated carbocycles. The molecule has 0 radical (unpaired) electrons. The first-order valence-electron chi connectivity index (χ1n) is 14.6. The van der Waals surface area contributed by atoms with Crippen molar-refractivity contribution in [3.8, 4) is 11.5 Å². The van der Waals surface area contributed by atoms with E-state index >= 15 is 0 Å². The van der Waals surface area contributed by atoms with Gasteiger partial charge in [0.15, 0.2) is 0 Å². The van der Waals surface area contributed by atoms with Crippen LogP contribution in [0.15, 0.2) is 140 Å². The first kappa shape index (κ1) is 30.9. The molecule has 0 aliphatic rings. The van der Waals surface area contributed by atoms with E-state index in [1.807, 2.05) is 109 Å². The van der Waals surface area contributed by atoms with Crippen LogP contribution >= 0.6 is 11.8 Å². The SMILES string of the molecule is COc1ccc(COC(=O)C(Cc2ccc(OCSC)cc2)NC(c2ccccc2)(c2ccccc2)c2ccccc2)cc1. The Morgan fingerprint density at radius 1 is 0.682 bits per heavy atom. The normalized spacial score (nSPS) is 11.9. The lowest BCUT2D eigenvalue weighted by molar-refractivity contribution is -0.148. The lowest BCUT2D eigenvalue weighted by Gasteiger charge is -2.39. The molecule has 5 aromatic rings. The van der Waals surface area contributed by atoms with Crippen molar-refractivity contribution in [1.82, 2.24) is 5.32 Å². The van der Waals surface area contributed by atoms with Gasteiger partial charge in [0.1, 0.15) is 30.1 Å². The zero-order chi connectivity index (χ0) is 30.6. The number of hydrogen-bond acceptors (Lipinski definition) is 6. The molecule has 0 aliphatic carbocycles. The summed E-state index contributed by atoms with van der Waals surface area (Å²) in [7, 11) is 1.63. The van der Waals surface area contributed by atoms with Crippen molar-refractivity contribution in [2.45, 2.75) is 24.6 Å². The van der Waals surface area contributed by atoms with E-state index in [0.29, 0.717) is 12.4 Å². The summed E-state index contributed by atoms with van der Waals surface area (Å²) in [6, 6.07) is 45.6. The molecule has 0 fully saturated rings. The van der Waals surface area contributed by atoms with Gasteiger partial charge in [0.05, 0.1) is 12.6 Å². The monoisotopic (exact) mass is 603 g/mol. The number of methoxy groups -OCH3 is 1. The first-order valence-corrected chi connectivity index (χ1v) is 16.0. The predicted molar refractivity (Wildman–Crippen MR) is 178 cm³/mol. The van der Waals surface area contributed by atoms with Gasteiger partial charge in [-0.3, -0.25) is 10.1 Å². The van der Waals surface area contributed by atoms with Gasteiger partial charge < -0.3 is 14.2 Å². The summed E-state index contributed by atoms with van der Waals surface area (Å²) in [6.45, 7) is 0.150. The molecule has 6 heteroatoms. The Morgan fingerprint density at radius 3 is 1.64 bits per heavy atom. The average Bonchev–Trinajstić information content (AvgIpc) is 3.10. The molecule has 0 heterocycles. The van der Waals surface area contributed by atoms with Crippen molar-refractivity contribution in [2.24, 2.45) is 0 Å². The molecule has 0 saturated heterocycles. The minimum Gasteiger partial charge on any atom is -0.497 e. The molecule has 0 amide bonds. The van der Waals surface area contributed by atoms with Crippen LogP contribution in [0.5, 0.6) is 11.5 Å². The van der Waals surface area contributed by atoms with Gasteiger partial charge in [-0.1, -0.05) is 115 Å². The maximum atomic E-state index is 14.1. The Morgan fingerprint density at radius 2 is 1.16 bits per heavy atom. The second kappa shape index (κ2) is 15.3. The standard InChI is InChI=1S/C38H37NO4S/c1-41-34-22-20-30(21-23-34)27-42-37(40)36(26-29-18-24-35(25-19-29)43-28-44-2)39-38(31-12-6-3-7-13-31,32-14-8-4-9-15-32)33-16-10-5-11-17-33/h3-25,36,39H,26-28H2,1-2H3. The second-order valence-electron chi connectivity index (χ2n) is 10.4. The first-order chi connectivity index (χ1) is 21.6. The van der Waals surface area contributed by atoms with Gasteiger partial charge in [-0.15, -0.1) is 11.8 Å². The van der Waals surface area contributed by atoms with Gasteiger partial charge in [-0.2, -0.15) is 0 Å². The number of carbonyl (C=O) groups excluding carboxylic acids is 1. The number of hydrogen-bond donors (Lipinski definition) is 1. The van der Waals surface area contributed by atoms with Gasteiger partial charge >= 0.3 is 5.97 Å². The maximum Gasteiger partial charge on any atom is 0.323 e. The number of nitrogens with one attached hydrogen (secondary N) is 1. The van der Waals surface area contributed by atoms with E-state index in [1.54, 1.807) is 18.9 Å². The number of benzene rings is 5. The average molecular weight is 604 g/mol. The maximum absolute atomic E-state index is 14.1. The van der Waals surface area contributed by atoms with E-state index in [0.717, 1.165) is 39.3 Å². The Bertz CT molecular complexity index is 1480. The lowest BCUT2D eigenvalue weighted by atomic mass is 9.76. The van der Waals surface area contributed by atoms with Crippen LogP contribution in [-0.2, 0) is 28.1 Å². The van der Waals surface area contributed by atoms with Crippen molar-refractivity contribution >= 4 is 17.7 Å². The molecule has 1 atom stereocenters. The fraction of sp³-hybridized carbons (Fsp3) is 0.184. The Kier molecular flexibility index (Phi) is 10.7. The smallest absolute Gasteiger partial charge is 0.323 e. The zero-order valence-corrected chi connectivity index (χ0v) is 25.8. The summed E-state index contributed by atoms with van der Waals surface area (Å²) in [5.74, 6) is 1.79. The molecule has 44 heavy (non-hydrogen) atoms. The third-order valence-corrected chi connectivity index (χ3v) is 7.90. The molecule has 0 bridgehead atoms. The summed E-state index contributed by atoms with van der Waals surface area (Å²) in [5.41, 5.74) is 4.09. The minimum absolute atomic E-state index is 0.150. The zero-order valence-electron chi connectivity index (χ0n) is 25.0. The highest BCUT2D eigenvalue weighted by Crippen LogP contribution is 2.37. The van der Waals surface area contributed by atoms with Crippen molar-refractivity contribution in [3.63, 3.8) is 0 Å². The highest BCUT2D eigenvalue weighted by atomic mass is 32.2. The van der Waals surface area contributed by atoms with Crippen molar-refractivity contribution in [2.75, 3.05) is 19.3 Å². The molecule has 0 aliphatic heterocycles. The molecular formula is C38H37NO4S. The number of rotatable bonds is 14. The van der Waals surface area contributed by atoms with E-state index in [9.17, 15) is 4.79 Å². The molecular weight excluding hydrogens is 566 g/mol. The van der Waals surface area contributed by atoms with Gasteiger partial charge in [0, 0.05) is 0 Å². The van der Waals surface area contributed by atoms with Gasteiger partial charge in [0.2, 0.25) is 0 Å². The quantitative estimate of drug-likeness (QED) is 0.0800. The van der Waals surface area contributed by atoms with Crippen LogP contribution in [-0.4, -0.2) is 31.3 Å². The van der Waals surface area contributed by atoms with E-state index in [1.165, 1.54) is 0 Å². The summed E-state index contributed by atoms with van der Waals surface area (Å²) >= 11 is 1.62. The fourth-order valence-corrected chi connectivity index (χ4v) is 5.58. The highest BCUT2D eigenvalue weighted by Gasteiger charge is 2.40. The third kappa shape index (κ3) is 7.51. The summed E-state index contributed by atoms with van der Waals surface area (Å²) in [6.07, 6.45) is 2.42. The van der Waals surface area contributed by atoms with E-state index in [2.05, 4.69) is 41.7 Å².